The Hall–Kier alpha value is -1.64. The van der Waals surface area contributed by atoms with Crippen LogP contribution in [0.5, 0.6) is 0 Å². The van der Waals surface area contributed by atoms with Gasteiger partial charge in [-0.3, -0.25) is 0 Å². The highest BCUT2D eigenvalue weighted by Gasteiger charge is 2.29. The number of carbonyl (C=O) groups is 1. The van der Waals surface area contributed by atoms with Crippen LogP contribution >= 0.6 is 0 Å². The standard InChI is InChI=1S/C17H26N2O5S/c1-14-6-8-15(9-7-14)25(23,24)18-19(16(20)21)13-5-12-17(22)10-3-2-4-11-17/h6-9,18,22H,2-5,10-13H2,1H3,(H,20,21). The molecule has 1 fully saturated rings. The third-order valence-corrected chi connectivity index (χ3v) is 5.95. The lowest BCUT2D eigenvalue weighted by Gasteiger charge is -2.32. The Morgan fingerprint density at radius 3 is 2.36 bits per heavy atom. The molecule has 2 rings (SSSR count). The van der Waals surface area contributed by atoms with Gasteiger partial charge in [0.1, 0.15) is 0 Å². The summed E-state index contributed by atoms with van der Waals surface area (Å²) in [5.41, 5.74) is 0.160. The lowest BCUT2D eigenvalue weighted by Crippen LogP contribution is -2.46. The molecule has 0 bridgehead atoms. The zero-order valence-corrected chi connectivity index (χ0v) is 15.3. The molecule has 1 saturated carbocycles. The molecule has 1 aliphatic rings. The summed E-state index contributed by atoms with van der Waals surface area (Å²) in [7, 11) is -3.96. The minimum Gasteiger partial charge on any atom is -0.464 e. The molecule has 1 aromatic carbocycles. The van der Waals surface area contributed by atoms with Crippen molar-refractivity contribution in [1.29, 1.82) is 0 Å². The SMILES string of the molecule is Cc1ccc(S(=O)(=O)NN(CCCC2(O)CCCCC2)C(=O)O)cc1. The highest BCUT2D eigenvalue weighted by molar-refractivity contribution is 7.89. The molecule has 0 aromatic heterocycles. The monoisotopic (exact) mass is 370 g/mol. The fourth-order valence-electron chi connectivity index (χ4n) is 3.12. The predicted octanol–water partition coefficient (Wildman–Crippen LogP) is 2.64. The normalized spacial score (nSPS) is 17.2. The lowest BCUT2D eigenvalue weighted by molar-refractivity contribution is -0.00751. The van der Waals surface area contributed by atoms with Gasteiger partial charge < -0.3 is 10.2 Å². The van der Waals surface area contributed by atoms with E-state index in [1.54, 1.807) is 12.1 Å². The average Bonchev–Trinajstić information content (AvgIpc) is 2.54. The summed E-state index contributed by atoms with van der Waals surface area (Å²) in [6.07, 6.45) is 3.97. The molecule has 1 aromatic rings. The van der Waals surface area contributed by atoms with Crippen molar-refractivity contribution in [1.82, 2.24) is 9.84 Å². The molecular weight excluding hydrogens is 344 g/mol. The van der Waals surface area contributed by atoms with Crippen LogP contribution in [-0.2, 0) is 10.0 Å². The van der Waals surface area contributed by atoms with Crippen LogP contribution in [0.2, 0.25) is 0 Å². The number of hydrazine groups is 1. The molecule has 0 heterocycles. The van der Waals surface area contributed by atoms with Crippen molar-refractivity contribution in [2.45, 2.75) is 62.4 Å². The van der Waals surface area contributed by atoms with Gasteiger partial charge in [0.2, 0.25) is 0 Å². The summed E-state index contributed by atoms with van der Waals surface area (Å²) in [5.74, 6) is 0. The van der Waals surface area contributed by atoms with E-state index in [1.807, 2.05) is 6.92 Å². The average molecular weight is 370 g/mol. The molecule has 0 unspecified atom stereocenters. The largest absolute Gasteiger partial charge is 0.464 e. The molecule has 0 aliphatic heterocycles. The Morgan fingerprint density at radius 2 is 1.80 bits per heavy atom. The molecule has 0 radical (unpaired) electrons. The summed E-state index contributed by atoms with van der Waals surface area (Å²) in [5, 5.41) is 20.4. The van der Waals surface area contributed by atoms with Gasteiger partial charge in [-0.05, 0) is 44.7 Å². The number of hydrogen-bond donors (Lipinski definition) is 3. The maximum atomic E-state index is 12.3. The van der Waals surface area contributed by atoms with E-state index >= 15 is 0 Å². The van der Waals surface area contributed by atoms with Crippen LogP contribution in [0, 0.1) is 6.92 Å². The second-order valence-corrected chi connectivity index (χ2v) is 8.39. The van der Waals surface area contributed by atoms with Crippen molar-refractivity contribution in [3.05, 3.63) is 29.8 Å². The van der Waals surface area contributed by atoms with E-state index in [-0.39, 0.29) is 11.4 Å². The first-order valence-corrected chi connectivity index (χ1v) is 10.0. The first-order valence-electron chi connectivity index (χ1n) is 8.54. The molecule has 1 amide bonds. The second kappa shape index (κ2) is 8.16. The van der Waals surface area contributed by atoms with E-state index in [0.29, 0.717) is 17.9 Å². The third kappa shape index (κ3) is 5.69. The van der Waals surface area contributed by atoms with Crippen LogP contribution in [0.15, 0.2) is 29.2 Å². The molecule has 0 spiro atoms. The molecule has 0 saturated heterocycles. The Bertz CT molecular complexity index is 681. The number of nitrogens with zero attached hydrogens (tertiary/aromatic N) is 1. The van der Waals surface area contributed by atoms with Crippen LogP contribution in [0.3, 0.4) is 0 Å². The van der Waals surface area contributed by atoms with Gasteiger partial charge in [0.15, 0.2) is 0 Å². The summed E-state index contributed by atoms with van der Waals surface area (Å²) in [6.45, 7) is 1.83. The van der Waals surface area contributed by atoms with Crippen molar-refractivity contribution in [3.8, 4) is 0 Å². The Balaban J connectivity index is 1.96. The highest BCUT2D eigenvalue weighted by atomic mass is 32.2. The minimum atomic E-state index is -3.96. The zero-order chi connectivity index (χ0) is 18.5. The summed E-state index contributed by atoms with van der Waals surface area (Å²) >= 11 is 0. The van der Waals surface area contributed by atoms with Crippen LogP contribution < -0.4 is 4.83 Å². The smallest absolute Gasteiger partial charge is 0.422 e. The highest BCUT2D eigenvalue weighted by Crippen LogP contribution is 2.31. The molecule has 3 N–H and O–H groups in total. The number of amides is 1. The summed E-state index contributed by atoms with van der Waals surface area (Å²) < 4.78 is 24.6. The summed E-state index contributed by atoms with van der Waals surface area (Å²) in [4.78, 5) is 13.5. The molecule has 140 valence electrons. The number of rotatable bonds is 7. The second-order valence-electron chi connectivity index (χ2n) is 6.73. The van der Waals surface area contributed by atoms with Gasteiger partial charge in [-0.1, -0.05) is 37.0 Å². The Kier molecular flexibility index (Phi) is 6.42. The zero-order valence-electron chi connectivity index (χ0n) is 14.4. The molecular formula is C17H26N2O5S. The third-order valence-electron chi connectivity index (χ3n) is 4.60. The van der Waals surface area contributed by atoms with E-state index in [1.165, 1.54) is 12.1 Å². The van der Waals surface area contributed by atoms with Gasteiger partial charge in [-0.2, -0.15) is 0 Å². The first kappa shape index (κ1) is 19.7. The van der Waals surface area contributed by atoms with Crippen LogP contribution in [0.25, 0.3) is 0 Å². The van der Waals surface area contributed by atoms with Gasteiger partial charge >= 0.3 is 6.09 Å². The van der Waals surface area contributed by atoms with Gasteiger partial charge in [-0.15, -0.1) is 4.83 Å². The van der Waals surface area contributed by atoms with E-state index < -0.39 is 21.7 Å². The quantitative estimate of drug-likeness (QED) is 0.640. The fraction of sp³-hybridized carbons (Fsp3) is 0.588. The minimum absolute atomic E-state index is 0.00950. The Labute approximate surface area is 148 Å². The van der Waals surface area contributed by atoms with E-state index in [9.17, 15) is 23.4 Å². The van der Waals surface area contributed by atoms with Crippen molar-refractivity contribution < 1.29 is 23.4 Å². The van der Waals surface area contributed by atoms with Crippen molar-refractivity contribution >= 4 is 16.1 Å². The van der Waals surface area contributed by atoms with E-state index in [0.717, 1.165) is 37.7 Å². The number of aryl methyl sites for hydroxylation is 1. The van der Waals surface area contributed by atoms with Crippen LogP contribution in [0.4, 0.5) is 4.79 Å². The molecule has 0 atom stereocenters. The maximum absolute atomic E-state index is 12.3. The molecule has 8 heteroatoms. The molecule has 7 nitrogen and oxygen atoms in total. The fourth-order valence-corrected chi connectivity index (χ4v) is 4.18. The van der Waals surface area contributed by atoms with E-state index in [4.69, 9.17) is 0 Å². The molecule has 1 aliphatic carbocycles. The van der Waals surface area contributed by atoms with Crippen LogP contribution in [0.1, 0.15) is 50.5 Å². The number of hydrogen-bond acceptors (Lipinski definition) is 4. The lowest BCUT2D eigenvalue weighted by atomic mass is 9.82. The van der Waals surface area contributed by atoms with Crippen molar-refractivity contribution in [3.63, 3.8) is 0 Å². The predicted molar refractivity (Wildman–Crippen MR) is 93.5 cm³/mol. The number of aliphatic hydroxyl groups is 1. The number of sulfonamides is 1. The van der Waals surface area contributed by atoms with Gasteiger partial charge in [0, 0.05) is 6.54 Å². The van der Waals surface area contributed by atoms with Gasteiger partial charge in [0.25, 0.3) is 10.0 Å². The number of carboxylic acid groups (broad SMARTS) is 1. The van der Waals surface area contributed by atoms with Gasteiger partial charge in [0.05, 0.1) is 10.5 Å². The maximum Gasteiger partial charge on any atom is 0.422 e. The van der Waals surface area contributed by atoms with Crippen molar-refractivity contribution in [2.75, 3.05) is 6.54 Å². The van der Waals surface area contributed by atoms with Crippen LogP contribution in [-0.4, -0.2) is 41.9 Å². The topological polar surface area (TPSA) is 107 Å². The van der Waals surface area contributed by atoms with Crippen molar-refractivity contribution in [2.24, 2.45) is 0 Å². The number of benzene rings is 1. The van der Waals surface area contributed by atoms with E-state index in [2.05, 4.69) is 4.83 Å². The summed E-state index contributed by atoms with van der Waals surface area (Å²) in [6, 6.07) is 6.17. The molecule has 25 heavy (non-hydrogen) atoms. The van der Waals surface area contributed by atoms with Gasteiger partial charge in [-0.25, -0.2) is 18.2 Å². The Morgan fingerprint density at radius 1 is 1.20 bits per heavy atom. The first-order chi connectivity index (χ1) is 11.7. The number of nitrogens with one attached hydrogen (secondary N) is 1.